The van der Waals surface area contributed by atoms with E-state index in [0.29, 0.717) is 41.5 Å². The minimum atomic E-state index is -0.133. The van der Waals surface area contributed by atoms with Crippen LogP contribution in [-0.2, 0) is 11.3 Å². The van der Waals surface area contributed by atoms with Crippen LogP contribution in [0.1, 0.15) is 28.4 Å². The molecule has 0 bridgehead atoms. The van der Waals surface area contributed by atoms with Gasteiger partial charge in [0.05, 0.1) is 14.2 Å². The summed E-state index contributed by atoms with van der Waals surface area (Å²) in [5.41, 5.74) is 2.13. The second-order valence-electron chi connectivity index (χ2n) is 7.11. The van der Waals surface area contributed by atoms with Crippen LogP contribution in [0.5, 0.6) is 17.2 Å². The second-order valence-corrected chi connectivity index (χ2v) is 7.11. The van der Waals surface area contributed by atoms with Gasteiger partial charge in [-0.1, -0.05) is 36.4 Å². The highest BCUT2D eigenvalue weighted by Crippen LogP contribution is 2.28. The molecule has 0 N–H and O–H groups in total. The topological polar surface area (TPSA) is 65.1 Å². The number of amides is 1. The van der Waals surface area contributed by atoms with Gasteiger partial charge in [0.25, 0.3) is 5.91 Å². The number of methoxy groups -OCH3 is 2. The average molecular weight is 434 g/mol. The molecular formula is C26H27NO5. The molecule has 0 aliphatic rings. The maximum Gasteiger partial charge on any atom is 0.260 e. The number of ether oxygens (including phenoxy) is 3. The van der Waals surface area contributed by atoms with Crippen LogP contribution >= 0.6 is 0 Å². The summed E-state index contributed by atoms with van der Waals surface area (Å²) in [6.45, 7) is 2.81. The molecule has 1 amide bonds. The predicted molar refractivity (Wildman–Crippen MR) is 122 cm³/mol. The third-order valence-corrected chi connectivity index (χ3v) is 5.07. The zero-order chi connectivity index (χ0) is 22.9. The molecule has 166 valence electrons. The van der Waals surface area contributed by atoms with E-state index >= 15 is 0 Å². The van der Waals surface area contributed by atoms with Gasteiger partial charge >= 0.3 is 0 Å². The molecule has 32 heavy (non-hydrogen) atoms. The lowest BCUT2D eigenvalue weighted by Crippen LogP contribution is -2.34. The summed E-state index contributed by atoms with van der Waals surface area (Å²) in [7, 11) is 3.16. The minimum absolute atomic E-state index is 0.0553. The number of likely N-dealkylation sites (N-methyl/N-ethyl adjacent to an activating group) is 1. The molecule has 3 aromatic rings. The lowest BCUT2D eigenvalue weighted by atomic mass is 10.0. The van der Waals surface area contributed by atoms with Gasteiger partial charge in [-0.3, -0.25) is 9.59 Å². The van der Waals surface area contributed by atoms with Crippen molar-refractivity contribution in [3.63, 3.8) is 0 Å². The summed E-state index contributed by atoms with van der Waals surface area (Å²) in [4.78, 5) is 26.9. The molecule has 6 nitrogen and oxygen atoms in total. The van der Waals surface area contributed by atoms with Gasteiger partial charge in [-0.15, -0.1) is 0 Å². The number of carbonyl (C=O) groups excluding carboxylic acids is 2. The van der Waals surface area contributed by atoms with Crippen molar-refractivity contribution >= 4 is 11.7 Å². The minimum Gasteiger partial charge on any atom is -0.493 e. The van der Waals surface area contributed by atoms with Gasteiger partial charge in [0.1, 0.15) is 5.75 Å². The van der Waals surface area contributed by atoms with Gasteiger partial charge in [0.2, 0.25) is 0 Å². The predicted octanol–water partition coefficient (Wildman–Crippen LogP) is 4.36. The van der Waals surface area contributed by atoms with Crippen molar-refractivity contribution in [3.8, 4) is 17.2 Å². The molecular weight excluding hydrogens is 406 g/mol. The number of nitrogens with zero attached hydrogens (tertiary/aromatic N) is 1. The highest BCUT2D eigenvalue weighted by atomic mass is 16.5. The standard InChI is InChI=1S/C26H27NO5/c1-4-27(17-19-10-15-23(30-2)24(16-19)31-3)25(28)18-32-22-13-11-21(12-14-22)26(29)20-8-6-5-7-9-20/h5-16H,4,17-18H2,1-3H3. The first-order chi connectivity index (χ1) is 15.5. The first kappa shape index (κ1) is 22.9. The van der Waals surface area contributed by atoms with Crippen LogP contribution < -0.4 is 14.2 Å². The van der Waals surface area contributed by atoms with Crippen molar-refractivity contribution in [1.29, 1.82) is 0 Å². The summed E-state index contributed by atoms with van der Waals surface area (Å²) in [5, 5.41) is 0. The molecule has 0 saturated carbocycles. The largest absolute Gasteiger partial charge is 0.493 e. The maximum atomic E-state index is 12.7. The number of benzene rings is 3. The van der Waals surface area contributed by atoms with E-state index in [0.717, 1.165) is 5.56 Å². The van der Waals surface area contributed by atoms with Crippen LogP contribution in [0.15, 0.2) is 72.8 Å². The molecule has 0 aliphatic carbocycles. The van der Waals surface area contributed by atoms with Crippen LogP contribution in [0.4, 0.5) is 0 Å². The molecule has 3 rings (SSSR count). The quantitative estimate of drug-likeness (QED) is 0.445. The fourth-order valence-electron chi connectivity index (χ4n) is 3.27. The molecule has 0 saturated heterocycles. The Hall–Kier alpha value is -3.80. The Morgan fingerprint density at radius 3 is 2.09 bits per heavy atom. The fraction of sp³-hybridized carbons (Fsp3) is 0.231. The van der Waals surface area contributed by atoms with Crippen molar-refractivity contribution in [3.05, 3.63) is 89.5 Å². The van der Waals surface area contributed by atoms with Gasteiger partial charge in [0, 0.05) is 24.2 Å². The van der Waals surface area contributed by atoms with E-state index in [-0.39, 0.29) is 18.3 Å². The first-order valence-corrected chi connectivity index (χ1v) is 10.4. The molecule has 3 aromatic carbocycles. The summed E-state index contributed by atoms with van der Waals surface area (Å²) in [6, 6.07) is 21.5. The summed E-state index contributed by atoms with van der Waals surface area (Å²) in [6.07, 6.45) is 0. The summed E-state index contributed by atoms with van der Waals surface area (Å²) >= 11 is 0. The third kappa shape index (κ3) is 5.66. The molecule has 0 unspecified atom stereocenters. The van der Waals surface area contributed by atoms with E-state index in [2.05, 4.69) is 0 Å². The molecule has 0 atom stereocenters. The highest BCUT2D eigenvalue weighted by Gasteiger charge is 2.15. The Morgan fingerprint density at radius 2 is 1.47 bits per heavy atom. The molecule has 0 radical (unpaired) electrons. The Bertz CT molecular complexity index is 1050. The molecule has 0 fully saturated rings. The first-order valence-electron chi connectivity index (χ1n) is 10.4. The Labute approximate surface area is 188 Å². The van der Waals surface area contributed by atoms with Gasteiger partial charge < -0.3 is 19.1 Å². The van der Waals surface area contributed by atoms with Gasteiger partial charge in [-0.2, -0.15) is 0 Å². The molecule has 0 spiro atoms. The molecule has 0 heterocycles. The molecule has 6 heteroatoms. The van der Waals surface area contributed by atoms with Crippen LogP contribution in [0.3, 0.4) is 0 Å². The van der Waals surface area contributed by atoms with E-state index in [1.807, 2.05) is 43.3 Å². The summed E-state index contributed by atoms with van der Waals surface area (Å²) in [5.74, 6) is 1.61. The van der Waals surface area contributed by atoms with E-state index in [1.54, 1.807) is 55.5 Å². The van der Waals surface area contributed by atoms with Crippen molar-refractivity contribution in [1.82, 2.24) is 4.90 Å². The normalized spacial score (nSPS) is 10.3. The van der Waals surface area contributed by atoms with E-state index in [1.165, 1.54) is 0 Å². The molecule has 0 aliphatic heterocycles. The zero-order valence-electron chi connectivity index (χ0n) is 18.5. The molecule has 0 aromatic heterocycles. The fourth-order valence-corrected chi connectivity index (χ4v) is 3.27. The Balaban J connectivity index is 1.58. The third-order valence-electron chi connectivity index (χ3n) is 5.07. The van der Waals surface area contributed by atoms with Crippen molar-refractivity contribution in [2.75, 3.05) is 27.4 Å². The van der Waals surface area contributed by atoms with E-state index in [4.69, 9.17) is 14.2 Å². The van der Waals surface area contributed by atoms with Crippen LogP contribution in [0.2, 0.25) is 0 Å². The number of ketones is 1. The van der Waals surface area contributed by atoms with Gasteiger partial charge in [0.15, 0.2) is 23.9 Å². The van der Waals surface area contributed by atoms with Gasteiger partial charge in [-0.25, -0.2) is 0 Å². The van der Waals surface area contributed by atoms with Crippen LogP contribution in [0.25, 0.3) is 0 Å². The van der Waals surface area contributed by atoms with E-state index in [9.17, 15) is 9.59 Å². The van der Waals surface area contributed by atoms with Gasteiger partial charge in [-0.05, 0) is 48.9 Å². The number of hydrogen-bond acceptors (Lipinski definition) is 5. The monoisotopic (exact) mass is 433 g/mol. The van der Waals surface area contributed by atoms with E-state index < -0.39 is 0 Å². The lowest BCUT2D eigenvalue weighted by molar-refractivity contribution is -0.133. The SMILES string of the molecule is CCN(Cc1ccc(OC)c(OC)c1)C(=O)COc1ccc(C(=O)c2ccccc2)cc1. The van der Waals surface area contributed by atoms with Crippen molar-refractivity contribution < 1.29 is 23.8 Å². The number of carbonyl (C=O) groups is 2. The van der Waals surface area contributed by atoms with Crippen molar-refractivity contribution in [2.24, 2.45) is 0 Å². The van der Waals surface area contributed by atoms with Crippen LogP contribution in [0, 0.1) is 0 Å². The maximum absolute atomic E-state index is 12.7. The van der Waals surface area contributed by atoms with Crippen LogP contribution in [-0.4, -0.2) is 44.0 Å². The number of hydrogen-bond donors (Lipinski definition) is 0. The highest BCUT2D eigenvalue weighted by molar-refractivity contribution is 6.08. The zero-order valence-corrected chi connectivity index (χ0v) is 18.5. The number of rotatable bonds is 10. The Morgan fingerprint density at radius 1 is 0.812 bits per heavy atom. The smallest absolute Gasteiger partial charge is 0.260 e. The second kappa shape index (κ2) is 11.0. The summed E-state index contributed by atoms with van der Waals surface area (Å²) < 4.78 is 16.3. The van der Waals surface area contributed by atoms with Crippen molar-refractivity contribution in [2.45, 2.75) is 13.5 Å². The Kier molecular flexibility index (Phi) is 7.86. The lowest BCUT2D eigenvalue weighted by Gasteiger charge is -2.21. The average Bonchev–Trinajstić information content (AvgIpc) is 2.86.